The molecule has 19 nitrogen and oxygen atoms in total. The number of carboxylic acid groups (broad SMARTS) is 2. The van der Waals surface area contributed by atoms with Crippen LogP contribution in [0.15, 0.2) is 41.8 Å². The van der Waals surface area contributed by atoms with Crippen LogP contribution in [0.25, 0.3) is 0 Å². The molecule has 1 aromatic heterocycles. The first-order valence-corrected chi connectivity index (χ1v) is 15.8. The minimum absolute atomic E-state index is 0.0393. The Morgan fingerprint density at radius 2 is 1.44 bits per heavy atom. The second-order valence-electron chi connectivity index (χ2n) is 11.9. The number of H-pyrrole nitrogens is 1. The Labute approximate surface area is 287 Å². The second kappa shape index (κ2) is 19.9. The minimum atomic E-state index is -1.48. The fourth-order valence-corrected chi connectivity index (χ4v) is 4.71. The summed E-state index contributed by atoms with van der Waals surface area (Å²) in [7, 11) is 0. The van der Waals surface area contributed by atoms with E-state index in [-0.39, 0.29) is 50.4 Å². The van der Waals surface area contributed by atoms with Gasteiger partial charge in [-0.3, -0.25) is 29.0 Å². The van der Waals surface area contributed by atoms with Gasteiger partial charge in [-0.05, 0) is 49.3 Å². The number of phenols is 1. The van der Waals surface area contributed by atoms with Crippen molar-refractivity contribution in [3.8, 4) is 5.75 Å². The number of carboxylic acids is 2. The van der Waals surface area contributed by atoms with Gasteiger partial charge in [-0.2, -0.15) is 0 Å². The molecule has 19 heteroatoms. The van der Waals surface area contributed by atoms with Crippen molar-refractivity contribution in [2.45, 2.75) is 82.6 Å². The van der Waals surface area contributed by atoms with Crippen LogP contribution in [-0.4, -0.2) is 104 Å². The number of aliphatic imine (C=N–C) groups is 1. The van der Waals surface area contributed by atoms with Crippen LogP contribution in [0.4, 0.5) is 0 Å². The summed E-state index contributed by atoms with van der Waals surface area (Å²) in [5, 5.41) is 38.4. The number of hydrogen-bond acceptors (Lipinski definition) is 10. The number of guanidine groups is 1. The summed E-state index contributed by atoms with van der Waals surface area (Å²) in [6, 6.07) is -0.413. The zero-order valence-corrected chi connectivity index (χ0v) is 27.8. The highest BCUT2D eigenvalue weighted by atomic mass is 16.4. The number of imidazole rings is 1. The Morgan fingerprint density at radius 3 is 1.98 bits per heavy atom. The maximum absolute atomic E-state index is 13.6. The lowest BCUT2D eigenvalue weighted by Gasteiger charge is -2.27. The fraction of sp³-hybridized carbons (Fsp3) is 0.484. The highest BCUT2D eigenvalue weighted by Gasteiger charge is 2.33. The Morgan fingerprint density at radius 1 is 0.840 bits per heavy atom. The van der Waals surface area contributed by atoms with Crippen LogP contribution in [0.5, 0.6) is 5.75 Å². The average Bonchev–Trinajstić information content (AvgIpc) is 3.56. The number of rotatable bonds is 21. The molecule has 274 valence electrons. The van der Waals surface area contributed by atoms with E-state index in [9.17, 15) is 44.1 Å². The normalized spacial score (nSPS) is 13.9. The van der Waals surface area contributed by atoms with Crippen molar-refractivity contribution in [3.63, 3.8) is 0 Å². The van der Waals surface area contributed by atoms with Gasteiger partial charge in [0.25, 0.3) is 0 Å². The maximum atomic E-state index is 13.6. The van der Waals surface area contributed by atoms with E-state index in [4.69, 9.17) is 17.2 Å². The number of amides is 4. The van der Waals surface area contributed by atoms with Gasteiger partial charge in [0.05, 0.1) is 12.4 Å². The molecule has 0 unspecified atom stereocenters. The molecule has 2 aromatic rings. The van der Waals surface area contributed by atoms with Gasteiger partial charge in [-0.1, -0.05) is 26.0 Å². The third kappa shape index (κ3) is 14.2. The Hall–Kier alpha value is -5.72. The lowest BCUT2D eigenvalue weighted by atomic mass is 10.00. The number of aromatic nitrogens is 2. The zero-order chi connectivity index (χ0) is 37.4. The molecule has 0 aliphatic carbocycles. The predicted molar refractivity (Wildman–Crippen MR) is 179 cm³/mol. The number of aromatic hydroxyl groups is 1. The highest BCUT2D eigenvalue weighted by molar-refractivity contribution is 5.95. The van der Waals surface area contributed by atoms with Crippen LogP contribution in [0, 0.1) is 5.92 Å². The SMILES string of the molecule is CC(C)[C@H](NC(=O)[C@@H](N)Cc1ccc(O)cc1)C(=O)N[C@@H](CCC(=O)O)C(=O)N[C@@H](CCCN=C(N)N)C(=O)N[C@@H](Cc1cnc[nH]1)C(=O)O. The molecule has 4 amide bonds. The van der Waals surface area contributed by atoms with Crippen molar-refractivity contribution in [2.24, 2.45) is 28.1 Å². The van der Waals surface area contributed by atoms with Gasteiger partial charge < -0.3 is 58.8 Å². The molecule has 1 aromatic carbocycles. The molecule has 0 spiro atoms. The van der Waals surface area contributed by atoms with Gasteiger partial charge in [0.2, 0.25) is 23.6 Å². The smallest absolute Gasteiger partial charge is 0.326 e. The van der Waals surface area contributed by atoms with Gasteiger partial charge in [0.15, 0.2) is 5.96 Å². The molecule has 0 aliphatic rings. The molecular formula is C31H46N10O9. The Kier molecular flexibility index (Phi) is 16.1. The van der Waals surface area contributed by atoms with Crippen molar-refractivity contribution in [1.29, 1.82) is 0 Å². The monoisotopic (exact) mass is 702 g/mol. The van der Waals surface area contributed by atoms with E-state index in [1.807, 2.05) is 0 Å². The number of aromatic amines is 1. The van der Waals surface area contributed by atoms with Crippen molar-refractivity contribution < 1.29 is 44.1 Å². The van der Waals surface area contributed by atoms with Gasteiger partial charge in [0, 0.05) is 31.3 Å². The lowest BCUT2D eigenvalue weighted by molar-refractivity contribution is -0.142. The summed E-state index contributed by atoms with van der Waals surface area (Å²) in [5.41, 5.74) is 17.9. The summed E-state index contributed by atoms with van der Waals surface area (Å²) in [5.74, 6) is -6.56. The molecule has 0 saturated carbocycles. The van der Waals surface area contributed by atoms with E-state index in [0.717, 1.165) is 0 Å². The van der Waals surface area contributed by atoms with Crippen LogP contribution >= 0.6 is 0 Å². The number of phenolic OH excluding ortho intramolecular Hbond substituents is 1. The average molecular weight is 703 g/mol. The van der Waals surface area contributed by atoms with E-state index in [0.29, 0.717) is 11.3 Å². The third-order valence-corrected chi connectivity index (χ3v) is 7.43. The van der Waals surface area contributed by atoms with E-state index in [1.165, 1.54) is 24.7 Å². The summed E-state index contributed by atoms with van der Waals surface area (Å²) < 4.78 is 0. The van der Waals surface area contributed by atoms with Crippen molar-refractivity contribution in [3.05, 3.63) is 48.0 Å². The number of nitrogens with zero attached hydrogens (tertiary/aromatic N) is 2. The number of hydrogen-bond donors (Lipinski definition) is 11. The quantitative estimate of drug-likeness (QED) is 0.0375. The molecule has 0 saturated heterocycles. The molecule has 0 aliphatic heterocycles. The largest absolute Gasteiger partial charge is 0.508 e. The molecule has 0 bridgehead atoms. The van der Waals surface area contributed by atoms with Crippen LogP contribution in [-0.2, 0) is 41.6 Å². The fourth-order valence-electron chi connectivity index (χ4n) is 4.71. The van der Waals surface area contributed by atoms with Crippen molar-refractivity contribution in [2.75, 3.05) is 6.54 Å². The predicted octanol–water partition coefficient (Wildman–Crippen LogP) is -2.17. The standard InChI is InChI=1S/C31H46N10O9/c1-16(2)25(41-26(45)20(32)12-17-5-7-19(42)8-6-17)29(48)39-22(9-10-24(43)44)28(47)38-21(4-3-11-36-31(33)34)27(46)40-23(30(49)50)13-18-14-35-15-37-18/h5-8,14-16,20-23,25,42H,3-4,9-13,32H2,1-2H3,(H,35,37)(H,38,47)(H,39,48)(H,40,46)(H,41,45)(H,43,44)(H,49,50)(H4,33,34,36)/t20-,21-,22-,23-,25-/m0/s1. The van der Waals surface area contributed by atoms with Gasteiger partial charge in [-0.15, -0.1) is 0 Å². The van der Waals surface area contributed by atoms with E-state index in [1.54, 1.807) is 26.0 Å². The van der Waals surface area contributed by atoms with E-state index >= 15 is 0 Å². The summed E-state index contributed by atoms with van der Waals surface area (Å²) >= 11 is 0. The molecule has 2 rings (SSSR count). The lowest BCUT2D eigenvalue weighted by Crippen LogP contribution is -2.59. The van der Waals surface area contributed by atoms with Crippen molar-refractivity contribution in [1.82, 2.24) is 31.2 Å². The Balaban J connectivity index is 2.23. The van der Waals surface area contributed by atoms with Gasteiger partial charge in [-0.25, -0.2) is 9.78 Å². The number of carbonyl (C=O) groups excluding carboxylic acids is 4. The first-order valence-electron chi connectivity index (χ1n) is 15.8. The first kappa shape index (κ1) is 40.5. The van der Waals surface area contributed by atoms with Crippen LogP contribution in [0.3, 0.4) is 0 Å². The van der Waals surface area contributed by atoms with Crippen LogP contribution in [0.1, 0.15) is 50.8 Å². The van der Waals surface area contributed by atoms with E-state index < -0.39 is 78.1 Å². The number of aliphatic carboxylic acids is 2. The Bertz CT molecular complexity index is 1480. The zero-order valence-electron chi connectivity index (χ0n) is 27.8. The first-order chi connectivity index (χ1) is 23.6. The maximum Gasteiger partial charge on any atom is 0.326 e. The van der Waals surface area contributed by atoms with Crippen molar-refractivity contribution >= 4 is 41.5 Å². The molecule has 0 radical (unpaired) electrons. The van der Waals surface area contributed by atoms with Crippen LogP contribution in [0.2, 0.25) is 0 Å². The molecular weight excluding hydrogens is 656 g/mol. The molecule has 50 heavy (non-hydrogen) atoms. The summed E-state index contributed by atoms with van der Waals surface area (Å²) in [6.45, 7) is 3.35. The highest BCUT2D eigenvalue weighted by Crippen LogP contribution is 2.12. The molecule has 0 fully saturated rings. The van der Waals surface area contributed by atoms with E-state index in [2.05, 4.69) is 36.2 Å². The number of nitrogens with one attached hydrogen (secondary N) is 5. The van der Waals surface area contributed by atoms with Crippen LogP contribution < -0.4 is 38.5 Å². The number of nitrogens with two attached hydrogens (primary N) is 3. The topological polar surface area (TPSA) is 330 Å². The molecule has 14 N–H and O–H groups in total. The number of benzene rings is 1. The second-order valence-corrected chi connectivity index (χ2v) is 11.9. The molecule has 1 heterocycles. The van der Waals surface area contributed by atoms with Gasteiger partial charge in [0.1, 0.15) is 29.9 Å². The summed E-state index contributed by atoms with van der Waals surface area (Å²) in [4.78, 5) is 87.1. The third-order valence-electron chi connectivity index (χ3n) is 7.43. The minimum Gasteiger partial charge on any atom is -0.508 e. The summed E-state index contributed by atoms with van der Waals surface area (Å²) in [6.07, 6.45) is 1.87. The molecule has 5 atom stereocenters. The number of carbonyl (C=O) groups is 6. The van der Waals surface area contributed by atoms with Gasteiger partial charge >= 0.3 is 11.9 Å².